The van der Waals surface area contributed by atoms with E-state index in [1.54, 1.807) is 6.08 Å². The van der Waals surface area contributed by atoms with E-state index in [4.69, 9.17) is 21.3 Å². The third-order valence-corrected chi connectivity index (χ3v) is 3.08. The van der Waals surface area contributed by atoms with Gasteiger partial charge >= 0.3 is 0 Å². The fraction of sp³-hybridized carbons (Fsp3) is 0.538. The van der Waals surface area contributed by atoms with Crippen molar-refractivity contribution in [2.24, 2.45) is 5.73 Å². The van der Waals surface area contributed by atoms with Crippen LogP contribution in [0.15, 0.2) is 23.9 Å². The molecule has 1 aliphatic rings. The van der Waals surface area contributed by atoms with E-state index in [0.29, 0.717) is 18.0 Å². The van der Waals surface area contributed by atoms with Crippen LogP contribution < -0.4 is 5.73 Å². The maximum absolute atomic E-state index is 8.02. The lowest BCUT2D eigenvalue weighted by atomic mass is 10.00. The van der Waals surface area contributed by atoms with Gasteiger partial charge < -0.3 is 20.8 Å². The zero-order valence-corrected chi connectivity index (χ0v) is 11.2. The molecule has 0 aromatic carbocycles. The Balaban J connectivity index is 0.00000324. The van der Waals surface area contributed by atoms with Crippen LogP contribution in [0.25, 0.3) is 0 Å². The molecular weight excluding hydrogens is 228 g/mol. The van der Waals surface area contributed by atoms with Crippen molar-refractivity contribution < 1.29 is 6.16 Å². The van der Waals surface area contributed by atoms with Crippen molar-refractivity contribution in [2.75, 3.05) is 6.54 Å². The van der Waals surface area contributed by atoms with E-state index in [2.05, 4.69) is 0 Å². The molecule has 5 nitrogen and oxygen atoms in total. The first kappa shape index (κ1) is 14.4. The molecular formula is C13H24N4O. The van der Waals surface area contributed by atoms with Gasteiger partial charge in [0, 0.05) is 26.0 Å². The molecule has 0 amide bonds. The summed E-state index contributed by atoms with van der Waals surface area (Å²) in [6.45, 7) is 6.52. The normalized spacial score (nSPS) is 29.6. The van der Waals surface area contributed by atoms with E-state index in [-0.39, 0.29) is 19.7 Å². The van der Waals surface area contributed by atoms with Gasteiger partial charge in [0.25, 0.3) is 0 Å². The molecule has 1 rings (SSSR count). The number of allylic oxidation sites excluding steroid dienone is 1. The lowest BCUT2D eigenvalue weighted by Gasteiger charge is -2.43. The van der Waals surface area contributed by atoms with Gasteiger partial charge in [-0.3, -0.25) is 5.41 Å². The topological polar surface area (TPSA) is 86.2 Å². The number of hydrogen-bond donors (Lipinski definition) is 3. The molecule has 0 saturated carbocycles. The second-order valence-corrected chi connectivity index (χ2v) is 4.46. The predicted molar refractivity (Wildman–Crippen MR) is 76.2 cm³/mol. The summed E-state index contributed by atoms with van der Waals surface area (Å²) >= 11 is 0. The Kier molecular flexibility index (Phi) is 5.09. The van der Waals surface area contributed by atoms with Crippen LogP contribution in [0.2, 0.25) is 0 Å². The molecule has 0 spiro atoms. The van der Waals surface area contributed by atoms with Crippen LogP contribution in [0.5, 0.6) is 0 Å². The predicted octanol–water partition coefficient (Wildman–Crippen LogP) is 1.76. The van der Waals surface area contributed by atoms with Gasteiger partial charge in [-0.15, -0.1) is 0 Å². The Morgan fingerprint density at radius 3 is 2.67 bits per heavy atom. The largest absolute Gasteiger partial charge is 0.404 e. The van der Waals surface area contributed by atoms with Crippen molar-refractivity contribution in [3.05, 3.63) is 23.9 Å². The summed E-state index contributed by atoms with van der Waals surface area (Å²) in [7, 11) is 0. The third-order valence-electron chi connectivity index (χ3n) is 3.08. The zero-order valence-electron chi connectivity index (χ0n) is 11.2. The fourth-order valence-corrected chi connectivity index (χ4v) is 2.17. The molecule has 3 unspecified atom stereocenters. The first-order chi connectivity index (χ1) is 8.54. The number of morpholine rings is 1. The van der Waals surface area contributed by atoms with Gasteiger partial charge in [-0.2, -0.15) is 0 Å². The summed E-state index contributed by atoms with van der Waals surface area (Å²) in [4.78, 5) is 1.98. The average Bonchev–Trinajstić information content (AvgIpc) is 2.34. The summed E-state index contributed by atoms with van der Waals surface area (Å²) in [5.41, 5.74) is 6.17. The smallest absolute Gasteiger partial charge is 0.120 e. The van der Waals surface area contributed by atoms with Crippen LogP contribution in [-0.4, -0.2) is 41.7 Å². The van der Waals surface area contributed by atoms with Crippen LogP contribution in [-0.2, 0) is 4.74 Å². The van der Waals surface area contributed by atoms with Gasteiger partial charge in [-0.1, -0.05) is 6.08 Å². The highest BCUT2D eigenvalue weighted by molar-refractivity contribution is 5.90. The molecule has 1 saturated heterocycles. The molecule has 3 atom stereocenters. The molecule has 0 aromatic rings. The Morgan fingerprint density at radius 2 is 2.17 bits per heavy atom. The maximum atomic E-state index is 8.02. The molecule has 0 aromatic heterocycles. The Labute approximate surface area is 110 Å². The maximum Gasteiger partial charge on any atom is 0.120 e. The van der Waals surface area contributed by atoms with Gasteiger partial charge in [0.15, 0.2) is 0 Å². The third kappa shape index (κ3) is 2.98. The average molecular weight is 252 g/mol. The summed E-state index contributed by atoms with van der Waals surface area (Å²) < 4.78 is 5.84. The quantitative estimate of drug-likeness (QED) is 0.528. The Hall–Kier alpha value is -1.62. The van der Waals surface area contributed by atoms with E-state index in [1.165, 1.54) is 12.4 Å². The number of nitrogens with zero attached hydrogens (tertiary/aromatic N) is 1. The van der Waals surface area contributed by atoms with Gasteiger partial charge in [0.1, 0.15) is 11.9 Å². The standard InChI is InChI=1S/C13H22N4O.H2/c1-4-5-12(16)17-8-9(2)18-13(10(17)3)11(6-14)7-15;/h4-7,9-10,13-14,16H,8,15H2,1-3H3;1H/b5-4-,11-7+,14-6?,16-12?;. The van der Waals surface area contributed by atoms with Crippen molar-refractivity contribution in [2.45, 2.75) is 39.0 Å². The summed E-state index contributed by atoms with van der Waals surface area (Å²) in [6, 6.07) is -0.0127. The van der Waals surface area contributed by atoms with Crippen LogP contribution in [0, 0.1) is 10.8 Å². The number of hydrogen-bond acceptors (Lipinski definition) is 4. The highest BCUT2D eigenvalue weighted by Gasteiger charge is 2.34. The molecule has 0 radical (unpaired) electrons. The zero-order chi connectivity index (χ0) is 13.7. The Morgan fingerprint density at radius 1 is 1.50 bits per heavy atom. The second kappa shape index (κ2) is 6.35. The summed E-state index contributed by atoms with van der Waals surface area (Å²) in [5, 5.41) is 15.4. The van der Waals surface area contributed by atoms with E-state index in [1.807, 2.05) is 31.7 Å². The molecule has 18 heavy (non-hydrogen) atoms. The van der Waals surface area contributed by atoms with E-state index < -0.39 is 0 Å². The molecule has 1 aliphatic heterocycles. The van der Waals surface area contributed by atoms with Crippen LogP contribution in [0.4, 0.5) is 0 Å². The molecule has 5 heteroatoms. The lowest BCUT2D eigenvalue weighted by molar-refractivity contribution is -0.0651. The second-order valence-electron chi connectivity index (χ2n) is 4.46. The number of nitrogens with one attached hydrogen (secondary N) is 2. The summed E-state index contributed by atoms with van der Waals surface area (Å²) in [5.74, 6) is 0.464. The first-order valence-corrected chi connectivity index (χ1v) is 6.10. The first-order valence-electron chi connectivity index (χ1n) is 6.10. The number of ether oxygens (including phenoxy) is 1. The van der Waals surface area contributed by atoms with Crippen molar-refractivity contribution in [3.63, 3.8) is 0 Å². The van der Waals surface area contributed by atoms with Crippen molar-refractivity contribution in [1.82, 2.24) is 4.90 Å². The van der Waals surface area contributed by atoms with Crippen LogP contribution >= 0.6 is 0 Å². The van der Waals surface area contributed by atoms with Crippen molar-refractivity contribution in [3.8, 4) is 0 Å². The molecule has 0 bridgehead atoms. The highest BCUT2D eigenvalue weighted by atomic mass is 16.5. The molecule has 4 N–H and O–H groups in total. The molecule has 1 heterocycles. The number of rotatable bonds is 3. The van der Waals surface area contributed by atoms with E-state index >= 15 is 0 Å². The van der Waals surface area contributed by atoms with Gasteiger partial charge in [-0.25, -0.2) is 0 Å². The Bertz CT molecular complexity index is 381. The fourth-order valence-electron chi connectivity index (χ4n) is 2.17. The van der Waals surface area contributed by atoms with Gasteiger partial charge in [0.05, 0.1) is 12.1 Å². The minimum absolute atomic E-state index is 0. The van der Waals surface area contributed by atoms with Gasteiger partial charge in [0.2, 0.25) is 0 Å². The lowest BCUT2D eigenvalue weighted by Crippen LogP contribution is -2.55. The van der Waals surface area contributed by atoms with Crippen molar-refractivity contribution in [1.29, 1.82) is 10.8 Å². The van der Waals surface area contributed by atoms with E-state index in [9.17, 15) is 0 Å². The molecule has 0 aliphatic carbocycles. The highest BCUT2D eigenvalue weighted by Crippen LogP contribution is 2.23. The van der Waals surface area contributed by atoms with Crippen LogP contribution in [0.1, 0.15) is 22.2 Å². The monoisotopic (exact) mass is 252 g/mol. The van der Waals surface area contributed by atoms with Crippen molar-refractivity contribution >= 4 is 12.1 Å². The molecule has 1 fully saturated rings. The minimum atomic E-state index is -0.262. The van der Waals surface area contributed by atoms with Crippen LogP contribution in [0.3, 0.4) is 0 Å². The SMILES string of the molecule is C/C=C\C(=N)N1CC(C)OC(/C(C=N)=C/N)C1C.[HH]. The number of amidine groups is 1. The minimum Gasteiger partial charge on any atom is -0.404 e. The molecule has 102 valence electrons. The van der Waals surface area contributed by atoms with E-state index in [0.717, 1.165) is 0 Å². The summed E-state index contributed by atoms with van der Waals surface area (Å²) in [6.07, 6.45) is 5.98. The number of nitrogens with two attached hydrogens (primary N) is 1. The van der Waals surface area contributed by atoms with Gasteiger partial charge in [-0.05, 0) is 26.8 Å².